The van der Waals surface area contributed by atoms with E-state index in [1.54, 1.807) is 0 Å². The third-order valence-electron chi connectivity index (χ3n) is 3.63. The molecule has 1 saturated heterocycles. The molecule has 2 heterocycles. The van der Waals surface area contributed by atoms with Crippen LogP contribution >= 0.6 is 0 Å². The predicted molar refractivity (Wildman–Crippen MR) is 78.8 cm³/mol. The van der Waals surface area contributed by atoms with E-state index in [0.29, 0.717) is 0 Å². The predicted octanol–water partition coefficient (Wildman–Crippen LogP) is 2.85. The second-order valence-corrected chi connectivity index (χ2v) is 4.86. The van der Waals surface area contributed by atoms with Crippen molar-refractivity contribution >= 4 is 17.5 Å². The van der Waals surface area contributed by atoms with Gasteiger partial charge in [-0.25, -0.2) is 0 Å². The molecule has 2 N–H and O–H groups in total. The molecule has 1 fully saturated rings. The lowest BCUT2D eigenvalue weighted by atomic mass is 10.2. The van der Waals surface area contributed by atoms with Crippen molar-refractivity contribution in [1.29, 1.82) is 0 Å². The highest BCUT2D eigenvalue weighted by Gasteiger charge is 2.35. The van der Waals surface area contributed by atoms with Crippen molar-refractivity contribution in [2.24, 2.45) is 0 Å². The number of hydrogen-bond acceptors (Lipinski definition) is 3. The largest absolute Gasteiger partial charge is 0.351 e. The van der Waals surface area contributed by atoms with Crippen molar-refractivity contribution < 1.29 is 0 Å². The summed E-state index contributed by atoms with van der Waals surface area (Å²) in [5, 5.41) is 6.97. The zero-order valence-corrected chi connectivity index (χ0v) is 10.5. The van der Waals surface area contributed by atoms with Gasteiger partial charge in [0.1, 0.15) is 0 Å². The van der Waals surface area contributed by atoms with Crippen LogP contribution in [-0.4, -0.2) is 12.8 Å². The van der Waals surface area contributed by atoms with Gasteiger partial charge >= 0.3 is 0 Å². The average molecular weight is 249 g/mol. The normalized spacial score (nSPS) is 22.2. The SMILES string of the molecule is C(=C1/CNC2Nc3ccccc3N12)/c1ccccc1. The number of nitrogens with one attached hydrogen (secondary N) is 2. The van der Waals surface area contributed by atoms with Crippen molar-refractivity contribution in [3.05, 3.63) is 65.9 Å². The monoisotopic (exact) mass is 249 g/mol. The molecule has 3 heteroatoms. The lowest BCUT2D eigenvalue weighted by Crippen LogP contribution is -2.36. The van der Waals surface area contributed by atoms with Crippen LogP contribution in [0.4, 0.5) is 11.4 Å². The minimum Gasteiger partial charge on any atom is -0.351 e. The second-order valence-electron chi connectivity index (χ2n) is 4.86. The smallest absolute Gasteiger partial charge is 0.160 e. The van der Waals surface area contributed by atoms with E-state index in [2.05, 4.69) is 70.1 Å². The Morgan fingerprint density at radius 3 is 2.68 bits per heavy atom. The third kappa shape index (κ3) is 1.71. The molecule has 0 aromatic heterocycles. The summed E-state index contributed by atoms with van der Waals surface area (Å²) < 4.78 is 0. The fourth-order valence-electron chi connectivity index (χ4n) is 2.77. The van der Waals surface area contributed by atoms with E-state index in [4.69, 9.17) is 0 Å². The van der Waals surface area contributed by atoms with E-state index in [1.165, 1.54) is 22.6 Å². The Morgan fingerprint density at radius 1 is 1.00 bits per heavy atom. The van der Waals surface area contributed by atoms with Crippen LogP contribution in [0.15, 0.2) is 60.3 Å². The molecule has 2 aliphatic rings. The molecule has 1 atom stereocenters. The summed E-state index contributed by atoms with van der Waals surface area (Å²) in [4.78, 5) is 2.34. The molecular formula is C16H15N3. The highest BCUT2D eigenvalue weighted by atomic mass is 15.5. The van der Waals surface area contributed by atoms with E-state index in [-0.39, 0.29) is 6.29 Å². The first-order chi connectivity index (χ1) is 9.42. The summed E-state index contributed by atoms with van der Waals surface area (Å²) in [7, 11) is 0. The van der Waals surface area contributed by atoms with Gasteiger partial charge in [-0.15, -0.1) is 0 Å². The molecule has 2 aromatic carbocycles. The summed E-state index contributed by atoms with van der Waals surface area (Å²) in [5.41, 5.74) is 4.98. The second kappa shape index (κ2) is 4.14. The number of benzene rings is 2. The molecule has 19 heavy (non-hydrogen) atoms. The van der Waals surface area contributed by atoms with Crippen LogP contribution in [0.5, 0.6) is 0 Å². The Kier molecular flexibility index (Phi) is 2.32. The molecule has 2 aromatic rings. The van der Waals surface area contributed by atoms with Gasteiger partial charge in [-0.05, 0) is 23.8 Å². The topological polar surface area (TPSA) is 27.3 Å². The van der Waals surface area contributed by atoms with Crippen LogP contribution < -0.4 is 15.5 Å². The Bertz CT molecular complexity index is 633. The maximum Gasteiger partial charge on any atom is 0.160 e. The molecular weight excluding hydrogens is 234 g/mol. The number of rotatable bonds is 1. The van der Waals surface area contributed by atoms with Gasteiger partial charge < -0.3 is 10.2 Å². The van der Waals surface area contributed by atoms with Crippen molar-refractivity contribution in [1.82, 2.24) is 5.32 Å². The lowest BCUT2D eigenvalue weighted by molar-refractivity contribution is 0.697. The molecule has 94 valence electrons. The molecule has 3 nitrogen and oxygen atoms in total. The highest BCUT2D eigenvalue weighted by molar-refractivity contribution is 5.81. The van der Waals surface area contributed by atoms with Gasteiger partial charge in [-0.1, -0.05) is 42.5 Å². The molecule has 0 bridgehead atoms. The molecule has 4 rings (SSSR count). The van der Waals surface area contributed by atoms with Gasteiger partial charge in [0.15, 0.2) is 6.29 Å². The van der Waals surface area contributed by atoms with Crippen molar-refractivity contribution in [2.45, 2.75) is 6.29 Å². The van der Waals surface area contributed by atoms with E-state index in [1.807, 2.05) is 6.07 Å². The lowest BCUT2D eigenvalue weighted by Gasteiger charge is -2.18. The molecule has 0 spiro atoms. The first-order valence-corrected chi connectivity index (χ1v) is 6.56. The summed E-state index contributed by atoms with van der Waals surface area (Å²) in [6.07, 6.45) is 2.43. The van der Waals surface area contributed by atoms with Crippen LogP contribution in [0.2, 0.25) is 0 Å². The van der Waals surface area contributed by atoms with Crippen molar-refractivity contribution in [3.8, 4) is 0 Å². The van der Waals surface area contributed by atoms with E-state index in [0.717, 1.165) is 6.54 Å². The van der Waals surface area contributed by atoms with Crippen molar-refractivity contribution in [3.63, 3.8) is 0 Å². The molecule has 0 radical (unpaired) electrons. The zero-order valence-electron chi connectivity index (χ0n) is 10.5. The van der Waals surface area contributed by atoms with Crippen LogP contribution in [0.3, 0.4) is 0 Å². The summed E-state index contributed by atoms with van der Waals surface area (Å²) in [6, 6.07) is 18.9. The van der Waals surface area contributed by atoms with Gasteiger partial charge in [0.2, 0.25) is 0 Å². The Balaban J connectivity index is 1.75. The first kappa shape index (κ1) is 10.6. The molecule has 2 aliphatic heterocycles. The van der Waals surface area contributed by atoms with Crippen molar-refractivity contribution in [2.75, 3.05) is 16.8 Å². The van der Waals surface area contributed by atoms with Gasteiger partial charge in [0.05, 0.1) is 11.4 Å². The molecule has 0 saturated carbocycles. The minimum absolute atomic E-state index is 0.187. The Hall–Kier alpha value is -2.26. The van der Waals surface area contributed by atoms with Gasteiger partial charge in [-0.3, -0.25) is 5.32 Å². The number of hydrogen-bond donors (Lipinski definition) is 2. The van der Waals surface area contributed by atoms with Gasteiger partial charge in [0.25, 0.3) is 0 Å². The number of para-hydroxylation sites is 2. The fourth-order valence-corrected chi connectivity index (χ4v) is 2.77. The number of nitrogens with zero attached hydrogens (tertiary/aromatic N) is 1. The highest BCUT2D eigenvalue weighted by Crippen LogP contribution is 2.38. The number of anilines is 2. The Morgan fingerprint density at radius 2 is 1.79 bits per heavy atom. The molecule has 0 amide bonds. The zero-order chi connectivity index (χ0) is 12.7. The maximum atomic E-state index is 3.49. The molecule has 1 unspecified atom stereocenters. The van der Waals surface area contributed by atoms with Crippen LogP contribution in [0.1, 0.15) is 5.56 Å². The quantitative estimate of drug-likeness (QED) is 0.813. The number of fused-ring (bicyclic) bond motifs is 3. The van der Waals surface area contributed by atoms with Crippen LogP contribution in [-0.2, 0) is 0 Å². The van der Waals surface area contributed by atoms with Gasteiger partial charge in [0, 0.05) is 12.2 Å². The average Bonchev–Trinajstić information content (AvgIpc) is 3.00. The van der Waals surface area contributed by atoms with E-state index >= 15 is 0 Å². The van der Waals surface area contributed by atoms with E-state index < -0.39 is 0 Å². The maximum absolute atomic E-state index is 3.49. The summed E-state index contributed by atoms with van der Waals surface area (Å²) in [6.45, 7) is 0.890. The van der Waals surface area contributed by atoms with Crippen LogP contribution in [0, 0.1) is 0 Å². The van der Waals surface area contributed by atoms with E-state index in [9.17, 15) is 0 Å². The minimum atomic E-state index is 0.187. The standard InChI is InChI=1S/C16H15N3/c1-2-6-12(7-3-1)10-13-11-17-16-18-14-8-4-5-9-15(14)19(13)16/h1-10,16-18H,11H2/b13-10+. The first-order valence-electron chi connectivity index (χ1n) is 6.56. The van der Waals surface area contributed by atoms with Crippen LogP contribution in [0.25, 0.3) is 6.08 Å². The summed E-state index contributed by atoms with van der Waals surface area (Å²) in [5.74, 6) is 0. The van der Waals surface area contributed by atoms with Gasteiger partial charge in [-0.2, -0.15) is 0 Å². The Labute approximate surface area is 112 Å². The third-order valence-corrected chi connectivity index (χ3v) is 3.63. The molecule has 0 aliphatic carbocycles. The fraction of sp³-hybridized carbons (Fsp3) is 0.125. The summed E-state index contributed by atoms with van der Waals surface area (Å²) >= 11 is 0.